The van der Waals surface area contributed by atoms with Gasteiger partial charge in [0, 0.05) is 25.0 Å². The first-order valence-electron chi connectivity index (χ1n) is 5.04. The summed E-state index contributed by atoms with van der Waals surface area (Å²) >= 11 is 0. The fourth-order valence-corrected chi connectivity index (χ4v) is 1.67. The number of rotatable bonds is 1. The molecule has 0 saturated carbocycles. The van der Waals surface area contributed by atoms with Gasteiger partial charge in [-0.3, -0.25) is 9.67 Å². The van der Waals surface area contributed by atoms with E-state index in [1.54, 1.807) is 10.9 Å². The van der Waals surface area contributed by atoms with Crippen molar-refractivity contribution in [2.75, 3.05) is 0 Å². The summed E-state index contributed by atoms with van der Waals surface area (Å²) in [6.45, 7) is 0. The van der Waals surface area contributed by atoms with Crippen molar-refractivity contribution in [1.82, 2.24) is 19.7 Å². The maximum Gasteiger partial charge on any atom is 0.0894 e. The molecule has 3 aromatic rings. The molecule has 3 heterocycles. The van der Waals surface area contributed by atoms with Gasteiger partial charge in [-0.15, -0.1) is 0 Å². The van der Waals surface area contributed by atoms with Crippen molar-refractivity contribution in [3.8, 4) is 11.3 Å². The molecule has 0 aliphatic rings. The van der Waals surface area contributed by atoms with E-state index in [9.17, 15) is 0 Å². The lowest BCUT2D eigenvalue weighted by Gasteiger charge is -1.99. The number of nitrogens with zero attached hydrogens (tertiary/aromatic N) is 4. The van der Waals surface area contributed by atoms with Crippen molar-refractivity contribution in [1.29, 1.82) is 0 Å². The number of hydrogen-bond donors (Lipinski definition) is 0. The van der Waals surface area contributed by atoms with Crippen molar-refractivity contribution in [3.05, 3.63) is 42.9 Å². The van der Waals surface area contributed by atoms with Crippen LogP contribution in [0.25, 0.3) is 22.3 Å². The Morgan fingerprint density at radius 3 is 2.88 bits per heavy atom. The molecule has 0 fully saturated rings. The van der Waals surface area contributed by atoms with Gasteiger partial charge in [0.2, 0.25) is 0 Å². The first-order valence-corrected chi connectivity index (χ1v) is 5.04. The summed E-state index contributed by atoms with van der Waals surface area (Å²) < 4.78 is 1.77. The Bertz CT molecular complexity index is 642. The SMILES string of the molecule is Cn1cc(-c2ccc3ncccc3n2)cn1. The maximum atomic E-state index is 4.54. The number of fused-ring (bicyclic) bond motifs is 1. The lowest BCUT2D eigenvalue weighted by molar-refractivity contribution is 0.768. The largest absolute Gasteiger partial charge is 0.275 e. The van der Waals surface area contributed by atoms with E-state index < -0.39 is 0 Å². The minimum atomic E-state index is 0.906. The van der Waals surface area contributed by atoms with Gasteiger partial charge in [-0.25, -0.2) is 4.98 Å². The first-order chi connectivity index (χ1) is 7.83. The fraction of sp³-hybridized carbons (Fsp3) is 0.0833. The first kappa shape index (κ1) is 9.03. The van der Waals surface area contributed by atoms with E-state index in [0.717, 1.165) is 22.3 Å². The predicted molar refractivity (Wildman–Crippen MR) is 61.7 cm³/mol. The third-order valence-corrected chi connectivity index (χ3v) is 2.46. The van der Waals surface area contributed by atoms with Crippen molar-refractivity contribution in [2.45, 2.75) is 0 Å². The van der Waals surface area contributed by atoms with Crippen LogP contribution >= 0.6 is 0 Å². The Morgan fingerprint density at radius 1 is 1.12 bits per heavy atom. The van der Waals surface area contributed by atoms with E-state index in [0.29, 0.717) is 0 Å². The quantitative estimate of drug-likeness (QED) is 0.617. The summed E-state index contributed by atoms with van der Waals surface area (Å²) in [5, 5.41) is 4.13. The molecule has 0 bridgehead atoms. The molecule has 0 spiro atoms. The predicted octanol–water partition coefficient (Wildman–Crippen LogP) is 2.03. The normalized spacial score (nSPS) is 10.8. The summed E-state index contributed by atoms with van der Waals surface area (Å²) in [7, 11) is 1.89. The molecule has 3 rings (SSSR count). The second-order valence-corrected chi connectivity index (χ2v) is 3.64. The Morgan fingerprint density at radius 2 is 2.06 bits per heavy atom. The Labute approximate surface area is 92.6 Å². The number of hydrogen-bond acceptors (Lipinski definition) is 3. The molecule has 0 radical (unpaired) electrons. The maximum absolute atomic E-state index is 4.54. The second kappa shape index (κ2) is 3.41. The highest BCUT2D eigenvalue weighted by Crippen LogP contribution is 2.18. The number of pyridine rings is 2. The molecule has 0 N–H and O–H groups in total. The summed E-state index contributed by atoms with van der Waals surface area (Å²) in [6, 6.07) is 7.79. The molecule has 0 aromatic carbocycles. The van der Waals surface area contributed by atoms with Crippen molar-refractivity contribution >= 4 is 11.0 Å². The highest BCUT2D eigenvalue weighted by atomic mass is 15.2. The molecule has 0 saturated heterocycles. The monoisotopic (exact) mass is 210 g/mol. The molecule has 0 unspecified atom stereocenters. The van der Waals surface area contributed by atoms with Gasteiger partial charge >= 0.3 is 0 Å². The van der Waals surface area contributed by atoms with E-state index in [1.165, 1.54) is 0 Å². The van der Waals surface area contributed by atoms with Gasteiger partial charge in [0.15, 0.2) is 0 Å². The van der Waals surface area contributed by atoms with Gasteiger partial charge in [0.05, 0.1) is 22.9 Å². The molecule has 4 heteroatoms. The van der Waals surface area contributed by atoms with Crippen molar-refractivity contribution in [3.63, 3.8) is 0 Å². The van der Waals surface area contributed by atoms with Crippen LogP contribution in [0.1, 0.15) is 0 Å². The van der Waals surface area contributed by atoms with E-state index >= 15 is 0 Å². The van der Waals surface area contributed by atoms with Gasteiger partial charge in [0.1, 0.15) is 0 Å². The molecule has 4 nitrogen and oxygen atoms in total. The van der Waals surface area contributed by atoms with Gasteiger partial charge in [-0.1, -0.05) is 0 Å². The van der Waals surface area contributed by atoms with E-state index in [-0.39, 0.29) is 0 Å². The van der Waals surface area contributed by atoms with E-state index in [1.807, 2.05) is 43.7 Å². The smallest absolute Gasteiger partial charge is 0.0894 e. The average Bonchev–Trinajstić information content (AvgIpc) is 2.75. The molecular formula is C12H10N4. The lowest BCUT2D eigenvalue weighted by atomic mass is 10.2. The highest BCUT2D eigenvalue weighted by Gasteiger charge is 2.03. The van der Waals surface area contributed by atoms with Gasteiger partial charge in [0.25, 0.3) is 0 Å². The van der Waals surface area contributed by atoms with Crippen LogP contribution in [0.15, 0.2) is 42.9 Å². The highest BCUT2D eigenvalue weighted by molar-refractivity contribution is 5.77. The minimum absolute atomic E-state index is 0.906. The van der Waals surface area contributed by atoms with Crippen LogP contribution < -0.4 is 0 Å². The molecular weight excluding hydrogens is 200 g/mol. The van der Waals surface area contributed by atoms with Crippen LogP contribution in [-0.2, 0) is 7.05 Å². The third kappa shape index (κ3) is 1.44. The standard InChI is InChI=1S/C12H10N4/c1-16-8-9(7-14-16)10-4-5-11-12(15-10)3-2-6-13-11/h2-8H,1H3. The van der Waals surface area contributed by atoms with Crippen LogP contribution in [0.3, 0.4) is 0 Å². The second-order valence-electron chi connectivity index (χ2n) is 3.64. The van der Waals surface area contributed by atoms with Crippen LogP contribution in [0, 0.1) is 0 Å². The van der Waals surface area contributed by atoms with Crippen LogP contribution in [0.2, 0.25) is 0 Å². The molecule has 0 amide bonds. The summed E-state index contributed by atoms with van der Waals surface area (Å²) in [5.41, 5.74) is 3.76. The van der Waals surface area contributed by atoms with Crippen LogP contribution in [0.4, 0.5) is 0 Å². The molecule has 0 aliphatic heterocycles. The Balaban J connectivity index is 2.18. The minimum Gasteiger partial charge on any atom is -0.275 e. The molecule has 16 heavy (non-hydrogen) atoms. The summed E-state index contributed by atoms with van der Waals surface area (Å²) in [5.74, 6) is 0. The van der Waals surface area contributed by atoms with Crippen LogP contribution in [-0.4, -0.2) is 19.7 Å². The Kier molecular flexibility index (Phi) is 1.93. The molecule has 0 aliphatic carbocycles. The number of aromatic nitrogens is 4. The average molecular weight is 210 g/mol. The fourth-order valence-electron chi connectivity index (χ4n) is 1.67. The zero-order valence-corrected chi connectivity index (χ0v) is 8.83. The van der Waals surface area contributed by atoms with E-state index in [4.69, 9.17) is 0 Å². The molecule has 78 valence electrons. The Hall–Kier alpha value is -2.23. The topological polar surface area (TPSA) is 43.6 Å². The van der Waals surface area contributed by atoms with Gasteiger partial charge in [-0.05, 0) is 24.3 Å². The van der Waals surface area contributed by atoms with E-state index in [2.05, 4.69) is 15.1 Å². The third-order valence-electron chi connectivity index (χ3n) is 2.46. The summed E-state index contributed by atoms with van der Waals surface area (Å²) in [6.07, 6.45) is 5.53. The zero-order chi connectivity index (χ0) is 11.0. The zero-order valence-electron chi connectivity index (χ0n) is 8.83. The van der Waals surface area contributed by atoms with Crippen LogP contribution in [0.5, 0.6) is 0 Å². The van der Waals surface area contributed by atoms with Crippen molar-refractivity contribution in [2.24, 2.45) is 7.05 Å². The lowest BCUT2D eigenvalue weighted by Crippen LogP contribution is -1.86. The summed E-state index contributed by atoms with van der Waals surface area (Å²) in [4.78, 5) is 8.78. The molecule has 0 atom stereocenters. The molecule has 3 aromatic heterocycles. The number of aryl methyl sites for hydroxylation is 1. The van der Waals surface area contributed by atoms with Gasteiger partial charge < -0.3 is 0 Å². The van der Waals surface area contributed by atoms with Crippen molar-refractivity contribution < 1.29 is 0 Å². The van der Waals surface area contributed by atoms with Gasteiger partial charge in [-0.2, -0.15) is 5.10 Å².